The van der Waals surface area contributed by atoms with Crippen molar-refractivity contribution in [2.45, 2.75) is 24.5 Å². The molecule has 9 nitrogen and oxygen atoms in total. The summed E-state index contributed by atoms with van der Waals surface area (Å²) in [5.41, 5.74) is 0.811. The largest absolute Gasteiger partial charge is 0.394 e. The van der Waals surface area contributed by atoms with Crippen LogP contribution in [0.4, 0.5) is 0 Å². The highest BCUT2D eigenvalue weighted by Gasteiger charge is 2.43. The fraction of sp³-hybridized carbons (Fsp3) is 0.500. The first-order valence-corrected chi connectivity index (χ1v) is 5.70. The molecule has 4 atom stereocenters. The van der Waals surface area contributed by atoms with Gasteiger partial charge < -0.3 is 25.0 Å². The summed E-state index contributed by atoms with van der Waals surface area (Å²) in [6, 6.07) is 0. The topological polar surface area (TPSA) is 140 Å². The molecule has 102 valence electrons. The van der Waals surface area contributed by atoms with E-state index in [-0.39, 0.29) is 5.49 Å². The number of nitrogens with one attached hydrogen (secondary N) is 2. The second-order valence-electron chi connectivity index (χ2n) is 4.33. The van der Waals surface area contributed by atoms with Crippen LogP contribution >= 0.6 is 0 Å². The molecule has 0 unspecified atom stereocenters. The number of imidazole rings is 1. The standard InChI is InChI=1S/C10H13N5O4/c11-8-5-9(13-2-12-5)15(3-14-8)10-7(18)6(17)4(1-16)19-10/h2-4,6-7,10-11,16-18H,1H2,(H,12,13)/t4-,6-,7+,10-/m1/s1. The van der Waals surface area contributed by atoms with Gasteiger partial charge in [0.25, 0.3) is 0 Å². The number of nitrogens with zero attached hydrogens (tertiary/aromatic N) is 3. The minimum Gasteiger partial charge on any atom is -0.394 e. The van der Waals surface area contributed by atoms with Crippen LogP contribution in [-0.4, -0.2) is 59.8 Å². The van der Waals surface area contributed by atoms with Gasteiger partial charge in [-0.15, -0.1) is 0 Å². The number of H-pyrrole nitrogens is 1. The zero-order chi connectivity index (χ0) is 13.6. The Morgan fingerprint density at radius 1 is 1.37 bits per heavy atom. The number of aliphatic hydroxyl groups excluding tert-OH is 3. The average Bonchev–Trinajstić information content (AvgIpc) is 2.99. The van der Waals surface area contributed by atoms with Crippen molar-refractivity contribution in [2.75, 3.05) is 6.61 Å². The Balaban J connectivity index is 2.08. The predicted molar refractivity (Wildman–Crippen MR) is 60.7 cm³/mol. The van der Waals surface area contributed by atoms with Gasteiger partial charge in [-0.1, -0.05) is 0 Å². The predicted octanol–water partition coefficient (Wildman–Crippen LogP) is -2.15. The summed E-state index contributed by atoms with van der Waals surface area (Å²) < 4.78 is 6.82. The summed E-state index contributed by atoms with van der Waals surface area (Å²) in [7, 11) is 0. The maximum atomic E-state index is 9.96. The number of rotatable bonds is 2. The van der Waals surface area contributed by atoms with E-state index in [9.17, 15) is 10.2 Å². The van der Waals surface area contributed by atoms with Crippen molar-refractivity contribution in [3.05, 3.63) is 18.1 Å². The molecule has 0 aliphatic carbocycles. The van der Waals surface area contributed by atoms with Crippen molar-refractivity contribution >= 4 is 11.2 Å². The highest BCUT2D eigenvalue weighted by Crippen LogP contribution is 2.30. The van der Waals surface area contributed by atoms with Crippen LogP contribution in [0, 0.1) is 5.41 Å². The van der Waals surface area contributed by atoms with Gasteiger partial charge in [-0.25, -0.2) is 9.97 Å². The van der Waals surface area contributed by atoms with Crippen LogP contribution < -0.4 is 5.49 Å². The first-order valence-electron chi connectivity index (χ1n) is 5.70. The van der Waals surface area contributed by atoms with Gasteiger partial charge in [-0.05, 0) is 0 Å². The van der Waals surface area contributed by atoms with E-state index < -0.39 is 31.1 Å². The second-order valence-corrected chi connectivity index (χ2v) is 4.33. The maximum Gasteiger partial charge on any atom is 0.173 e. The van der Waals surface area contributed by atoms with E-state index in [0.29, 0.717) is 11.2 Å². The Morgan fingerprint density at radius 2 is 2.16 bits per heavy atom. The molecular formula is C10H13N5O4. The van der Waals surface area contributed by atoms with Crippen LogP contribution in [0.5, 0.6) is 0 Å². The molecule has 19 heavy (non-hydrogen) atoms. The lowest BCUT2D eigenvalue weighted by Crippen LogP contribution is -2.33. The van der Waals surface area contributed by atoms with E-state index in [1.54, 1.807) is 0 Å². The van der Waals surface area contributed by atoms with Gasteiger partial charge in [-0.3, -0.25) is 9.98 Å². The summed E-state index contributed by atoms with van der Waals surface area (Å²) in [4.78, 5) is 10.7. The van der Waals surface area contributed by atoms with E-state index in [0.717, 1.165) is 0 Å². The van der Waals surface area contributed by atoms with E-state index in [1.807, 2.05) is 0 Å². The van der Waals surface area contributed by atoms with Gasteiger partial charge in [0.05, 0.1) is 12.9 Å². The van der Waals surface area contributed by atoms with Crippen LogP contribution in [0.15, 0.2) is 12.7 Å². The van der Waals surface area contributed by atoms with E-state index in [2.05, 4.69) is 15.0 Å². The maximum absolute atomic E-state index is 9.96. The van der Waals surface area contributed by atoms with E-state index >= 15 is 0 Å². The Kier molecular flexibility index (Phi) is 2.82. The molecule has 9 heteroatoms. The van der Waals surface area contributed by atoms with Crippen molar-refractivity contribution in [1.82, 2.24) is 19.5 Å². The Morgan fingerprint density at radius 3 is 2.84 bits per heavy atom. The molecule has 0 saturated carbocycles. The number of hydrogen-bond donors (Lipinski definition) is 5. The number of hydrogen-bond acceptors (Lipinski definition) is 7. The van der Waals surface area contributed by atoms with Gasteiger partial charge in [-0.2, -0.15) is 0 Å². The summed E-state index contributed by atoms with van der Waals surface area (Å²) in [5, 5.41) is 36.4. The van der Waals surface area contributed by atoms with Crippen molar-refractivity contribution in [1.29, 1.82) is 5.41 Å². The Hall–Kier alpha value is -1.81. The smallest absolute Gasteiger partial charge is 0.173 e. The van der Waals surface area contributed by atoms with Crippen LogP contribution in [-0.2, 0) is 4.74 Å². The molecule has 3 heterocycles. The third-order valence-corrected chi connectivity index (χ3v) is 3.20. The van der Waals surface area contributed by atoms with Crippen LogP contribution in [0.25, 0.3) is 11.2 Å². The van der Waals surface area contributed by atoms with Gasteiger partial charge in [0, 0.05) is 0 Å². The summed E-state index contributed by atoms with van der Waals surface area (Å²) in [5.74, 6) is 0. The van der Waals surface area contributed by atoms with Crippen molar-refractivity contribution in [3.63, 3.8) is 0 Å². The number of ether oxygens (including phenoxy) is 1. The van der Waals surface area contributed by atoms with E-state index in [4.69, 9.17) is 15.3 Å². The minimum atomic E-state index is -1.21. The monoisotopic (exact) mass is 267 g/mol. The highest BCUT2D eigenvalue weighted by atomic mass is 16.6. The quantitative estimate of drug-likeness (QED) is 0.420. The first kappa shape index (κ1) is 12.2. The van der Waals surface area contributed by atoms with Crippen LogP contribution in [0.2, 0.25) is 0 Å². The lowest BCUT2D eigenvalue weighted by Gasteiger charge is -2.18. The number of aliphatic hydroxyl groups is 3. The second kappa shape index (κ2) is 4.38. The molecule has 1 aliphatic rings. The summed E-state index contributed by atoms with van der Waals surface area (Å²) in [6.45, 7) is -0.400. The molecule has 2 aromatic rings. The lowest BCUT2D eigenvalue weighted by atomic mass is 10.1. The normalized spacial score (nSPS) is 31.1. The zero-order valence-corrected chi connectivity index (χ0v) is 9.76. The number of aromatic amines is 1. The fourth-order valence-electron chi connectivity index (χ4n) is 2.19. The molecule has 0 radical (unpaired) electrons. The minimum absolute atomic E-state index is 0.0236. The van der Waals surface area contributed by atoms with E-state index in [1.165, 1.54) is 17.2 Å². The third-order valence-electron chi connectivity index (χ3n) is 3.20. The van der Waals surface area contributed by atoms with Crippen molar-refractivity contribution in [2.24, 2.45) is 0 Å². The SMILES string of the molecule is N=c1ncn([C@@H]2O[C@H](CO)[C@@H](O)[C@@H]2O)c2nc[nH]c12. The molecule has 5 N–H and O–H groups in total. The molecule has 1 saturated heterocycles. The molecule has 0 aromatic carbocycles. The van der Waals surface area contributed by atoms with Gasteiger partial charge in [0.2, 0.25) is 0 Å². The van der Waals surface area contributed by atoms with Gasteiger partial charge in [0.15, 0.2) is 17.4 Å². The van der Waals surface area contributed by atoms with Gasteiger partial charge in [0.1, 0.15) is 30.2 Å². The molecular weight excluding hydrogens is 254 g/mol. The fourth-order valence-corrected chi connectivity index (χ4v) is 2.19. The summed E-state index contributed by atoms with van der Waals surface area (Å²) in [6.07, 6.45) is -1.45. The zero-order valence-electron chi connectivity index (χ0n) is 9.76. The van der Waals surface area contributed by atoms with Crippen molar-refractivity contribution < 1.29 is 20.1 Å². The molecule has 1 aliphatic heterocycles. The third kappa shape index (κ3) is 1.75. The molecule has 1 fully saturated rings. The van der Waals surface area contributed by atoms with Crippen LogP contribution in [0.3, 0.4) is 0 Å². The lowest BCUT2D eigenvalue weighted by molar-refractivity contribution is -0.0515. The Bertz CT molecular complexity index is 653. The first-order chi connectivity index (χ1) is 9.13. The Labute approximate surface area is 106 Å². The molecule has 0 bridgehead atoms. The number of aromatic nitrogens is 4. The highest BCUT2D eigenvalue weighted by molar-refractivity contribution is 5.68. The van der Waals surface area contributed by atoms with Gasteiger partial charge >= 0.3 is 0 Å². The van der Waals surface area contributed by atoms with Crippen LogP contribution in [0.1, 0.15) is 6.23 Å². The molecule has 0 amide bonds. The summed E-state index contributed by atoms with van der Waals surface area (Å²) >= 11 is 0. The molecule has 0 spiro atoms. The van der Waals surface area contributed by atoms with Crippen molar-refractivity contribution in [3.8, 4) is 0 Å². The average molecular weight is 267 g/mol. The molecule has 2 aromatic heterocycles. The molecule has 3 rings (SSSR count). The number of fused-ring (bicyclic) bond motifs is 1.